The van der Waals surface area contributed by atoms with Crippen LogP contribution >= 0.6 is 11.6 Å². The van der Waals surface area contributed by atoms with E-state index >= 15 is 0 Å². The summed E-state index contributed by atoms with van der Waals surface area (Å²) in [6, 6.07) is 4.68. The van der Waals surface area contributed by atoms with Gasteiger partial charge >= 0.3 is 6.09 Å². The lowest BCUT2D eigenvalue weighted by molar-refractivity contribution is -0.0307. The normalized spacial score (nSPS) is 19.2. The number of nitrogens with zero attached hydrogens (tertiary/aromatic N) is 5. The number of nitrogens with one attached hydrogen (secondary N) is 1. The Morgan fingerprint density at radius 3 is 2.71 bits per heavy atom. The Labute approximate surface area is 240 Å². The number of aliphatic hydroxyl groups is 1. The molecule has 1 aromatic carbocycles. The molecule has 0 aliphatic carbocycles. The van der Waals surface area contributed by atoms with Gasteiger partial charge in [0.05, 0.1) is 41.1 Å². The number of fused-ring (bicyclic) bond motifs is 1. The van der Waals surface area contributed by atoms with Gasteiger partial charge in [0.2, 0.25) is 0 Å². The Hall–Kier alpha value is -3.55. The van der Waals surface area contributed by atoms with Gasteiger partial charge in [-0.15, -0.1) is 0 Å². The van der Waals surface area contributed by atoms with E-state index in [-0.39, 0.29) is 19.2 Å². The fourth-order valence-corrected chi connectivity index (χ4v) is 5.33. The van der Waals surface area contributed by atoms with Crippen LogP contribution in [0.5, 0.6) is 5.75 Å². The van der Waals surface area contributed by atoms with Gasteiger partial charge in [0.25, 0.3) is 6.43 Å². The van der Waals surface area contributed by atoms with E-state index in [2.05, 4.69) is 10.5 Å². The Balaban J connectivity index is 1.55. The van der Waals surface area contributed by atoms with Crippen molar-refractivity contribution in [1.29, 1.82) is 0 Å². The van der Waals surface area contributed by atoms with E-state index in [1.165, 1.54) is 0 Å². The predicted molar refractivity (Wildman–Crippen MR) is 147 cm³/mol. The van der Waals surface area contributed by atoms with E-state index in [9.17, 15) is 18.7 Å². The molecule has 0 radical (unpaired) electrons. The number of rotatable bonds is 10. The molecule has 11 nitrogen and oxygen atoms in total. The first-order valence-corrected chi connectivity index (χ1v) is 13.5. The highest BCUT2D eigenvalue weighted by Gasteiger charge is 2.49. The lowest BCUT2D eigenvalue weighted by atomic mass is 9.95. The van der Waals surface area contributed by atoms with Crippen molar-refractivity contribution >= 4 is 23.5 Å². The van der Waals surface area contributed by atoms with Gasteiger partial charge in [0, 0.05) is 24.2 Å². The number of halogens is 3. The SMILES string of the molecule is CNC[C@@H](O)COc1ccc(Cl)c(-c2nc(-c3c(C)noc3C)c(C)c(N3C[C@H]4OC(=O)N(CC(F)F)CC43)n2)c1. The van der Waals surface area contributed by atoms with Crippen molar-refractivity contribution in [2.45, 2.75) is 45.4 Å². The number of aryl methyl sites for hydroxylation is 2. The van der Waals surface area contributed by atoms with Crippen molar-refractivity contribution in [3.05, 3.63) is 40.2 Å². The number of hydrogen-bond acceptors (Lipinski definition) is 10. The molecule has 0 bridgehead atoms. The second-order valence-electron chi connectivity index (χ2n) is 10.1. The number of benzene rings is 1. The minimum absolute atomic E-state index is 0.0664. The number of carbonyl (C=O) groups excluding carboxylic acids is 1. The molecule has 5 rings (SSSR count). The Kier molecular flexibility index (Phi) is 8.30. The molecule has 0 spiro atoms. The van der Waals surface area contributed by atoms with Crippen LogP contribution in [0.4, 0.5) is 19.4 Å². The summed E-state index contributed by atoms with van der Waals surface area (Å²) in [5, 5.41) is 17.4. The molecule has 14 heteroatoms. The second kappa shape index (κ2) is 11.7. The van der Waals surface area contributed by atoms with Gasteiger partial charge in [-0.1, -0.05) is 16.8 Å². The fraction of sp³-hybridized carbons (Fsp3) is 0.481. The summed E-state index contributed by atoms with van der Waals surface area (Å²) >= 11 is 6.62. The molecule has 2 fully saturated rings. The molecule has 2 aromatic heterocycles. The van der Waals surface area contributed by atoms with E-state index in [1.807, 2.05) is 18.7 Å². The molecule has 3 atom stereocenters. The Morgan fingerprint density at radius 2 is 2.02 bits per heavy atom. The zero-order valence-electron chi connectivity index (χ0n) is 23.0. The molecule has 1 unspecified atom stereocenters. The highest BCUT2D eigenvalue weighted by atomic mass is 35.5. The summed E-state index contributed by atoms with van der Waals surface area (Å²) in [4.78, 5) is 24.9. The molecule has 3 aromatic rings. The van der Waals surface area contributed by atoms with Crippen molar-refractivity contribution in [3.8, 4) is 28.4 Å². The zero-order chi connectivity index (χ0) is 29.4. The third kappa shape index (κ3) is 5.79. The summed E-state index contributed by atoms with van der Waals surface area (Å²) < 4.78 is 42.9. The van der Waals surface area contributed by atoms with Gasteiger partial charge < -0.3 is 34.2 Å². The Bertz CT molecular complexity index is 1420. The van der Waals surface area contributed by atoms with Crippen molar-refractivity contribution in [2.75, 3.05) is 44.7 Å². The quantitative estimate of drug-likeness (QED) is 0.360. The number of carbonyl (C=O) groups is 1. The largest absolute Gasteiger partial charge is 0.491 e. The lowest BCUT2D eigenvalue weighted by Crippen LogP contribution is -2.70. The summed E-state index contributed by atoms with van der Waals surface area (Å²) in [5.74, 6) is 1.88. The number of anilines is 1. The van der Waals surface area contributed by atoms with Gasteiger partial charge in [-0.3, -0.25) is 0 Å². The average molecular weight is 593 g/mol. The summed E-state index contributed by atoms with van der Waals surface area (Å²) in [5.41, 5.74) is 3.14. The van der Waals surface area contributed by atoms with Crippen molar-refractivity contribution in [3.63, 3.8) is 0 Å². The maximum atomic E-state index is 13.1. The molecular weight excluding hydrogens is 562 g/mol. The van der Waals surface area contributed by atoms with E-state index in [4.69, 9.17) is 35.6 Å². The lowest BCUT2D eigenvalue weighted by Gasteiger charge is -2.52. The van der Waals surface area contributed by atoms with E-state index in [0.29, 0.717) is 63.8 Å². The zero-order valence-corrected chi connectivity index (χ0v) is 23.8. The highest BCUT2D eigenvalue weighted by Crippen LogP contribution is 2.40. The first kappa shape index (κ1) is 29.0. The third-order valence-electron chi connectivity index (χ3n) is 7.21. The first-order chi connectivity index (χ1) is 19.6. The smallest absolute Gasteiger partial charge is 0.410 e. The van der Waals surface area contributed by atoms with Crippen LogP contribution in [0.1, 0.15) is 17.0 Å². The topological polar surface area (TPSA) is 126 Å². The van der Waals surface area contributed by atoms with E-state index in [0.717, 1.165) is 10.5 Å². The van der Waals surface area contributed by atoms with Crippen LogP contribution in [0, 0.1) is 20.8 Å². The van der Waals surface area contributed by atoms with Crippen LogP contribution in [0.2, 0.25) is 5.02 Å². The van der Waals surface area contributed by atoms with Gasteiger partial charge in [-0.05, 0) is 46.0 Å². The molecular formula is C27H31ClF2N6O5. The summed E-state index contributed by atoms with van der Waals surface area (Å²) in [7, 11) is 1.74. The average Bonchev–Trinajstić information content (AvgIpc) is 3.25. The van der Waals surface area contributed by atoms with Crippen LogP contribution in [-0.4, -0.2) is 95.7 Å². The summed E-state index contributed by atoms with van der Waals surface area (Å²) in [6.07, 6.45) is -4.57. The molecule has 4 heterocycles. The molecule has 2 N–H and O–H groups in total. The van der Waals surface area contributed by atoms with E-state index < -0.39 is 31.3 Å². The van der Waals surface area contributed by atoms with E-state index in [1.54, 1.807) is 32.2 Å². The standard InChI is InChI=1S/C27H31ClF2N6O5/c1-13-24(23-14(2)34-41-15(23)3)32-25(18-7-17(5-6-19(18)28)39-12-16(37)8-31-4)33-26(13)36-10-21-20(36)9-35(11-22(29)30)27(38)40-21/h5-7,16,20-22,31,37H,8-12H2,1-4H3/t16-,20?,21-/m1/s1. The van der Waals surface area contributed by atoms with Gasteiger partial charge in [-0.25, -0.2) is 23.5 Å². The van der Waals surface area contributed by atoms with Crippen LogP contribution in [0.15, 0.2) is 22.7 Å². The molecule has 220 valence electrons. The minimum Gasteiger partial charge on any atom is -0.491 e. The fourth-order valence-electron chi connectivity index (χ4n) is 5.13. The number of alkyl halides is 2. The predicted octanol–water partition coefficient (Wildman–Crippen LogP) is 3.61. The molecule has 41 heavy (non-hydrogen) atoms. The number of likely N-dealkylation sites (N-methyl/N-ethyl adjacent to an activating group) is 1. The molecule has 0 saturated carbocycles. The van der Waals surface area contributed by atoms with Crippen LogP contribution in [0.3, 0.4) is 0 Å². The maximum absolute atomic E-state index is 13.1. The first-order valence-electron chi connectivity index (χ1n) is 13.1. The number of amides is 1. The van der Waals surface area contributed by atoms with Crippen LogP contribution < -0.4 is 15.0 Å². The third-order valence-corrected chi connectivity index (χ3v) is 7.54. The molecule has 2 aliphatic heterocycles. The monoisotopic (exact) mass is 592 g/mol. The molecule has 1 amide bonds. The second-order valence-corrected chi connectivity index (χ2v) is 10.6. The van der Waals surface area contributed by atoms with Gasteiger partial charge in [0.15, 0.2) is 5.82 Å². The van der Waals surface area contributed by atoms with Crippen molar-refractivity contribution in [1.82, 2.24) is 25.3 Å². The van der Waals surface area contributed by atoms with Crippen molar-refractivity contribution < 1.29 is 32.7 Å². The minimum atomic E-state index is -2.68. The highest BCUT2D eigenvalue weighted by molar-refractivity contribution is 6.33. The van der Waals surface area contributed by atoms with Crippen LogP contribution in [-0.2, 0) is 4.74 Å². The van der Waals surface area contributed by atoms with Gasteiger partial charge in [0.1, 0.15) is 36.1 Å². The van der Waals surface area contributed by atoms with Crippen molar-refractivity contribution in [2.24, 2.45) is 0 Å². The number of ether oxygens (including phenoxy) is 2. The van der Waals surface area contributed by atoms with Crippen LogP contribution in [0.25, 0.3) is 22.6 Å². The molecule has 2 saturated heterocycles. The number of aliphatic hydroxyl groups excluding tert-OH is 1. The molecule has 2 aliphatic rings. The maximum Gasteiger partial charge on any atom is 0.410 e. The Morgan fingerprint density at radius 1 is 1.24 bits per heavy atom. The van der Waals surface area contributed by atoms with Gasteiger partial charge in [-0.2, -0.15) is 0 Å². The number of aromatic nitrogens is 3. The number of hydrogen-bond donors (Lipinski definition) is 2. The summed E-state index contributed by atoms with van der Waals surface area (Å²) in [6.45, 7) is 5.61.